The molecule has 0 saturated heterocycles. The fourth-order valence-corrected chi connectivity index (χ4v) is 1.99. The van der Waals surface area contributed by atoms with E-state index in [0.29, 0.717) is 26.2 Å². The number of carbonyl (C=O) groups is 1. The van der Waals surface area contributed by atoms with Crippen molar-refractivity contribution in [3.8, 4) is 0 Å². The molecule has 0 spiro atoms. The van der Waals surface area contributed by atoms with Crippen LogP contribution in [0.3, 0.4) is 0 Å². The van der Waals surface area contributed by atoms with Gasteiger partial charge in [-0.25, -0.2) is 0 Å². The van der Waals surface area contributed by atoms with Crippen LogP contribution >= 0.6 is 12.4 Å². The minimum atomic E-state index is -0.659. The van der Waals surface area contributed by atoms with E-state index in [-0.39, 0.29) is 24.9 Å². The van der Waals surface area contributed by atoms with Crippen molar-refractivity contribution in [1.29, 1.82) is 0 Å². The molecule has 1 rings (SSSR count). The Morgan fingerprint density at radius 1 is 1.36 bits per heavy atom. The first-order chi connectivity index (χ1) is 10.1. The van der Waals surface area contributed by atoms with Crippen LogP contribution in [0.4, 0.5) is 0 Å². The van der Waals surface area contributed by atoms with Crippen molar-refractivity contribution in [3.05, 3.63) is 35.4 Å². The summed E-state index contributed by atoms with van der Waals surface area (Å²) in [6.45, 7) is 6.28. The first-order valence-electron chi connectivity index (χ1n) is 7.30. The maximum absolute atomic E-state index is 12.1. The summed E-state index contributed by atoms with van der Waals surface area (Å²) < 4.78 is 4.92. The zero-order valence-corrected chi connectivity index (χ0v) is 14.4. The molecule has 0 aliphatic carbocycles. The Kier molecular flexibility index (Phi) is 10.8. The number of carbonyl (C=O) groups excluding carboxylic acids is 1. The second kappa shape index (κ2) is 11.4. The summed E-state index contributed by atoms with van der Waals surface area (Å²) in [6, 6.07) is 7.72. The highest BCUT2D eigenvalue weighted by atomic mass is 35.5. The number of aryl methyl sites for hydroxylation is 1. The van der Waals surface area contributed by atoms with E-state index < -0.39 is 6.10 Å². The number of ether oxygens (including phenoxy) is 1. The topological polar surface area (TPSA) is 61.8 Å². The molecule has 0 aliphatic heterocycles. The summed E-state index contributed by atoms with van der Waals surface area (Å²) in [5.41, 5.74) is 1.98. The maximum Gasteiger partial charge on any atom is 0.236 e. The normalized spacial score (nSPS) is 11.6. The third kappa shape index (κ3) is 7.22. The molecule has 1 atom stereocenters. The number of nitrogens with zero attached hydrogens (tertiary/aromatic N) is 1. The predicted molar refractivity (Wildman–Crippen MR) is 90.4 cm³/mol. The minimum absolute atomic E-state index is 0. The second-order valence-electron chi connectivity index (χ2n) is 5.03. The Morgan fingerprint density at radius 2 is 2.00 bits per heavy atom. The van der Waals surface area contributed by atoms with E-state index in [2.05, 4.69) is 5.32 Å². The van der Waals surface area contributed by atoms with Crippen molar-refractivity contribution in [2.24, 2.45) is 0 Å². The lowest BCUT2D eigenvalue weighted by atomic mass is 10.1. The van der Waals surface area contributed by atoms with Crippen LogP contribution in [-0.2, 0) is 9.53 Å². The molecule has 0 saturated carbocycles. The Bertz CT molecular complexity index is 426. The average molecular weight is 331 g/mol. The Morgan fingerprint density at radius 3 is 2.55 bits per heavy atom. The summed E-state index contributed by atoms with van der Waals surface area (Å²) in [7, 11) is 1.62. The lowest BCUT2D eigenvalue weighted by Gasteiger charge is -2.24. The van der Waals surface area contributed by atoms with E-state index in [0.717, 1.165) is 11.1 Å². The summed E-state index contributed by atoms with van der Waals surface area (Å²) in [5, 5.41) is 13.3. The molecule has 1 aromatic rings. The van der Waals surface area contributed by atoms with Crippen molar-refractivity contribution in [1.82, 2.24) is 10.2 Å². The lowest BCUT2D eigenvalue weighted by Crippen LogP contribution is -2.41. The molecule has 2 N–H and O–H groups in total. The van der Waals surface area contributed by atoms with E-state index in [1.54, 1.807) is 12.0 Å². The molecule has 0 bridgehead atoms. The Hall–Kier alpha value is -1.14. The highest BCUT2D eigenvalue weighted by Crippen LogP contribution is 2.15. The van der Waals surface area contributed by atoms with Crippen LogP contribution in [0.1, 0.15) is 24.2 Å². The van der Waals surface area contributed by atoms with E-state index in [1.807, 2.05) is 38.1 Å². The molecule has 0 aliphatic rings. The molecule has 0 aromatic heterocycles. The first-order valence-corrected chi connectivity index (χ1v) is 7.30. The number of rotatable bonds is 9. The third-order valence-corrected chi connectivity index (χ3v) is 3.35. The third-order valence-electron chi connectivity index (χ3n) is 3.35. The lowest BCUT2D eigenvalue weighted by molar-refractivity contribution is -0.131. The van der Waals surface area contributed by atoms with Gasteiger partial charge < -0.3 is 20.1 Å². The number of nitrogens with one attached hydrogen (secondary N) is 1. The second-order valence-corrected chi connectivity index (χ2v) is 5.03. The average Bonchev–Trinajstić information content (AvgIpc) is 2.49. The minimum Gasteiger partial charge on any atom is -0.387 e. The molecule has 126 valence electrons. The van der Waals surface area contributed by atoms with E-state index in [1.165, 1.54) is 0 Å². The van der Waals surface area contributed by atoms with Crippen LogP contribution in [0, 0.1) is 6.92 Å². The van der Waals surface area contributed by atoms with E-state index in [4.69, 9.17) is 4.74 Å². The molecular weight excluding hydrogens is 304 g/mol. The van der Waals surface area contributed by atoms with Crippen LogP contribution in [0.2, 0.25) is 0 Å². The number of amides is 1. The number of benzene rings is 1. The molecule has 6 heteroatoms. The Labute approximate surface area is 139 Å². The van der Waals surface area contributed by atoms with Crippen LogP contribution in [-0.4, -0.2) is 55.8 Å². The first kappa shape index (κ1) is 20.9. The highest BCUT2D eigenvalue weighted by molar-refractivity contribution is 5.85. The number of likely N-dealkylation sites (N-methyl/N-ethyl adjacent to an activating group) is 1. The summed E-state index contributed by atoms with van der Waals surface area (Å²) in [5.74, 6) is -0.0141. The largest absolute Gasteiger partial charge is 0.387 e. The van der Waals surface area contributed by atoms with Gasteiger partial charge in [0.2, 0.25) is 5.91 Å². The molecule has 1 amide bonds. The van der Waals surface area contributed by atoms with Gasteiger partial charge in [0, 0.05) is 20.2 Å². The quantitative estimate of drug-likeness (QED) is 0.674. The van der Waals surface area contributed by atoms with E-state index in [9.17, 15) is 9.90 Å². The van der Waals surface area contributed by atoms with Gasteiger partial charge in [-0.15, -0.1) is 12.4 Å². The number of methoxy groups -OCH3 is 1. The monoisotopic (exact) mass is 330 g/mol. The number of hydrogen-bond acceptors (Lipinski definition) is 4. The van der Waals surface area contributed by atoms with Gasteiger partial charge in [-0.1, -0.05) is 29.8 Å². The Balaban J connectivity index is 0.00000441. The summed E-state index contributed by atoms with van der Waals surface area (Å²) >= 11 is 0. The maximum atomic E-state index is 12.1. The number of aliphatic hydroxyl groups is 1. The van der Waals surface area contributed by atoms with Crippen LogP contribution in [0.5, 0.6) is 0 Å². The van der Waals surface area contributed by atoms with Crippen molar-refractivity contribution in [2.75, 3.05) is 39.9 Å². The molecule has 22 heavy (non-hydrogen) atoms. The smallest absolute Gasteiger partial charge is 0.236 e. The molecular formula is C16H27ClN2O3. The molecule has 1 aromatic carbocycles. The van der Waals surface area contributed by atoms with E-state index >= 15 is 0 Å². The van der Waals surface area contributed by atoms with Gasteiger partial charge in [0.15, 0.2) is 0 Å². The van der Waals surface area contributed by atoms with Crippen molar-refractivity contribution >= 4 is 18.3 Å². The van der Waals surface area contributed by atoms with Gasteiger partial charge in [-0.05, 0) is 19.4 Å². The van der Waals surface area contributed by atoms with Gasteiger partial charge in [0.05, 0.1) is 25.8 Å². The number of aliphatic hydroxyl groups excluding tert-OH is 1. The van der Waals surface area contributed by atoms with Gasteiger partial charge >= 0.3 is 0 Å². The number of halogens is 1. The van der Waals surface area contributed by atoms with Gasteiger partial charge in [0.1, 0.15) is 0 Å². The van der Waals surface area contributed by atoms with Crippen LogP contribution in [0.25, 0.3) is 0 Å². The van der Waals surface area contributed by atoms with Crippen LogP contribution in [0.15, 0.2) is 24.3 Å². The fraction of sp³-hybridized carbons (Fsp3) is 0.562. The van der Waals surface area contributed by atoms with Crippen molar-refractivity contribution < 1.29 is 14.6 Å². The molecule has 0 radical (unpaired) electrons. The van der Waals surface area contributed by atoms with Gasteiger partial charge in [0.25, 0.3) is 0 Å². The zero-order chi connectivity index (χ0) is 15.7. The SMILES string of the molecule is CCN(CC(O)c1ccc(C)cc1)C(=O)CNCCOC.Cl. The highest BCUT2D eigenvalue weighted by Gasteiger charge is 2.16. The van der Waals surface area contributed by atoms with Gasteiger partial charge in [-0.3, -0.25) is 4.79 Å². The fourth-order valence-electron chi connectivity index (χ4n) is 1.99. The van der Waals surface area contributed by atoms with Gasteiger partial charge in [-0.2, -0.15) is 0 Å². The molecule has 1 unspecified atom stereocenters. The van der Waals surface area contributed by atoms with Crippen molar-refractivity contribution in [2.45, 2.75) is 20.0 Å². The molecule has 0 fully saturated rings. The molecule has 0 heterocycles. The van der Waals surface area contributed by atoms with Crippen molar-refractivity contribution in [3.63, 3.8) is 0 Å². The standard InChI is InChI=1S/C16H26N2O3.ClH/c1-4-18(16(20)11-17-9-10-21-3)12-15(19)14-7-5-13(2)6-8-14;/h5-8,15,17,19H,4,9-12H2,1-3H3;1H. The zero-order valence-electron chi connectivity index (χ0n) is 13.5. The molecule has 5 nitrogen and oxygen atoms in total. The summed E-state index contributed by atoms with van der Waals surface area (Å²) in [4.78, 5) is 13.7. The van der Waals surface area contributed by atoms with Crippen LogP contribution < -0.4 is 5.32 Å². The summed E-state index contributed by atoms with van der Waals surface area (Å²) in [6.07, 6.45) is -0.659. The number of hydrogen-bond donors (Lipinski definition) is 2. The predicted octanol–water partition coefficient (Wildman–Crippen LogP) is 1.53.